The van der Waals surface area contributed by atoms with E-state index in [0.29, 0.717) is 12.1 Å². The number of piperidine rings is 1. The lowest BCUT2D eigenvalue weighted by Crippen LogP contribution is -2.46. The van der Waals surface area contributed by atoms with Gasteiger partial charge in [0, 0.05) is 57.1 Å². The smallest absolute Gasteiger partial charge is 0.132 e. The van der Waals surface area contributed by atoms with Gasteiger partial charge in [0.25, 0.3) is 0 Å². The summed E-state index contributed by atoms with van der Waals surface area (Å²) in [7, 11) is 0. The van der Waals surface area contributed by atoms with Crippen LogP contribution < -0.4 is 4.90 Å². The third kappa shape index (κ3) is 3.34. The lowest BCUT2D eigenvalue weighted by Gasteiger charge is -2.39. The van der Waals surface area contributed by atoms with Crippen molar-refractivity contribution in [1.29, 1.82) is 0 Å². The SMILES string of the molecule is c1cc(N(C2CC2)C2CCN(Cc3cn4c(n3)CCCC4)CC2)ncn1. The Morgan fingerprint density at radius 3 is 2.62 bits per heavy atom. The van der Waals surface area contributed by atoms with Crippen molar-refractivity contribution < 1.29 is 0 Å². The van der Waals surface area contributed by atoms with Crippen LogP contribution in [0, 0.1) is 0 Å². The molecule has 1 saturated carbocycles. The lowest BCUT2D eigenvalue weighted by molar-refractivity contribution is 0.198. The third-order valence-corrected chi connectivity index (χ3v) is 6.07. The van der Waals surface area contributed by atoms with Gasteiger partial charge in [0.1, 0.15) is 18.0 Å². The Hall–Kier alpha value is -1.95. The van der Waals surface area contributed by atoms with Gasteiger partial charge in [-0.25, -0.2) is 15.0 Å². The number of likely N-dealkylation sites (tertiary alicyclic amines) is 1. The summed E-state index contributed by atoms with van der Waals surface area (Å²) in [5.74, 6) is 2.41. The van der Waals surface area contributed by atoms with E-state index in [-0.39, 0.29) is 0 Å². The molecule has 0 aromatic carbocycles. The summed E-state index contributed by atoms with van der Waals surface area (Å²) in [4.78, 5) is 18.6. The fraction of sp³-hybridized carbons (Fsp3) is 0.650. The molecule has 0 bridgehead atoms. The van der Waals surface area contributed by atoms with Crippen LogP contribution in [0.5, 0.6) is 0 Å². The summed E-state index contributed by atoms with van der Waals surface area (Å²) < 4.78 is 2.37. The van der Waals surface area contributed by atoms with Crippen LogP contribution in [0.1, 0.15) is 50.0 Å². The lowest BCUT2D eigenvalue weighted by atomic mass is 10.0. The van der Waals surface area contributed by atoms with Crippen molar-refractivity contribution in [2.24, 2.45) is 0 Å². The molecule has 0 amide bonds. The molecule has 6 heteroatoms. The number of aromatic nitrogens is 4. The zero-order chi connectivity index (χ0) is 17.3. The molecule has 0 N–H and O–H groups in total. The molecule has 5 rings (SSSR count). The van der Waals surface area contributed by atoms with Crippen molar-refractivity contribution in [2.45, 2.75) is 70.1 Å². The van der Waals surface area contributed by atoms with E-state index in [1.165, 1.54) is 50.0 Å². The Kier molecular flexibility index (Phi) is 4.36. The molecule has 0 atom stereocenters. The van der Waals surface area contributed by atoms with E-state index in [2.05, 4.69) is 36.6 Å². The van der Waals surface area contributed by atoms with Gasteiger partial charge < -0.3 is 9.47 Å². The van der Waals surface area contributed by atoms with Gasteiger partial charge in [-0.1, -0.05) is 0 Å². The number of nitrogens with zero attached hydrogens (tertiary/aromatic N) is 6. The standard InChI is InChI=1S/C20H28N6/c1-2-10-25-14-16(23-20(25)3-1)13-24-11-7-18(8-12-24)26(17-4-5-17)19-6-9-21-15-22-19/h6,9,14-15,17-18H,1-5,7-8,10-13H2. The minimum atomic E-state index is 0.615. The molecule has 1 saturated heterocycles. The second kappa shape index (κ2) is 6.99. The van der Waals surface area contributed by atoms with Gasteiger partial charge in [0.15, 0.2) is 0 Å². The summed E-state index contributed by atoms with van der Waals surface area (Å²) in [5.41, 5.74) is 1.26. The number of hydrogen-bond acceptors (Lipinski definition) is 5. The van der Waals surface area contributed by atoms with E-state index in [1.54, 1.807) is 6.33 Å². The van der Waals surface area contributed by atoms with Crippen molar-refractivity contribution in [1.82, 2.24) is 24.4 Å². The number of fused-ring (bicyclic) bond motifs is 1. The normalized spacial score (nSPS) is 21.5. The Balaban J connectivity index is 1.21. The molecule has 6 nitrogen and oxygen atoms in total. The third-order valence-electron chi connectivity index (χ3n) is 6.07. The van der Waals surface area contributed by atoms with E-state index >= 15 is 0 Å². The van der Waals surface area contributed by atoms with Gasteiger partial charge in [-0.15, -0.1) is 0 Å². The van der Waals surface area contributed by atoms with Crippen LogP contribution >= 0.6 is 0 Å². The Morgan fingerprint density at radius 2 is 1.88 bits per heavy atom. The highest BCUT2D eigenvalue weighted by molar-refractivity contribution is 5.41. The average Bonchev–Trinajstić information content (AvgIpc) is 3.43. The van der Waals surface area contributed by atoms with Crippen LogP contribution in [0.15, 0.2) is 24.8 Å². The molecule has 4 heterocycles. The van der Waals surface area contributed by atoms with Gasteiger partial charge in [0.05, 0.1) is 5.69 Å². The maximum atomic E-state index is 4.88. The molecule has 1 aliphatic carbocycles. The van der Waals surface area contributed by atoms with Gasteiger partial charge in [-0.2, -0.15) is 0 Å². The number of aryl methyl sites for hydroxylation is 2. The molecule has 2 aromatic heterocycles. The number of imidazole rings is 1. The second-order valence-corrected chi connectivity index (χ2v) is 8.01. The molecule has 0 unspecified atom stereocenters. The van der Waals surface area contributed by atoms with Crippen molar-refractivity contribution >= 4 is 5.82 Å². The van der Waals surface area contributed by atoms with E-state index < -0.39 is 0 Å². The Bertz CT molecular complexity index is 707. The van der Waals surface area contributed by atoms with Crippen LogP contribution in [0.4, 0.5) is 5.82 Å². The van der Waals surface area contributed by atoms with E-state index in [0.717, 1.165) is 38.4 Å². The first-order chi connectivity index (χ1) is 12.9. The first kappa shape index (κ1) is 16.2. The van der Waals surface area contributed by atoms with Crippen LogP contribution in [0.25, 0.3) is 0 Å². The first-order valence-corrected chi connectivity index (χ1v) is 10.2. The fourth-order valence-electron chi connectivity index (χ4n) is 4.59. The monoisotopic (exact) mass is 352 g/mol. The quantitative estimate of drug-likeness (QED) is 0.828. The minimum Gasteiger partial charge on any atom is -0.350 e. The largest absolute Gasteiger partial charge is 0.350 e. The molecule has 2 aliphatic heterocycles. The van der Waals surface area contributed by atoms with Crippen LogP contribution in [-0.4, -0.2) is 49.6 Å². The number of anilines is 1. The van der Waals surface area contributed by atoms with Crippen LogP contribution in [0.3, 0.4) is 0 Å². The summed E-state index contributed by atoms with van der Waals surface area (Å²) >= 11 is 0. The van der Waals surface area contributed by atoms with Crippen LogP contribution in [-0.2, 0) is 19.5 Å². The van der Waals surface area contributed by atoms with Crippen molar-refractivity contribution in [2.75, 3.05) is 18.0 Å². The van der Waals surface area contributed by atoms with E-state index in [9.17, 15) is 0 Å². The Labute approximate surface area is 155 Å². The molecule has 0 radical (unpaired) electrons. The predicted octanol–water partition coefficient (Wildman–Crippen LogP) is 2.64. The summed E-state index contributed by atoms with van der Waals surface area (Å²) in [6.45, 7) is 4.46. The second-order valence-electron chi connectivity index (χ2n) is 8.01. The van der Waals surface area contributed by atoms with Gasteiger partial charge in [-0.05, 0) is 44.6 Å². The van der Waals surface area contributed by atoms with Gasteiger partial charge >= 0.3 is 0 Å². The molecular formula is C20H28N6. The van der Waals surface area contributed by atoms with Crippen molar-refractivity contribution in [3.63, 3.8) is 0 Å². The van der Waals surface area contributed by atoms with Gasteiger partial charge in [-0.3, -0.25) is 4.90 Å². The summed E-state index contributed by atoms with van der Waals surface area (Å²) in [5, 5.41) is 0. The van der Waals surface area contributed by atoms with Gasteiger partial charge in [0.2, 0.25) is 0 Å². The zero-order valence-corrected chi connectivity index (χ0v) is 15.4. The van der Waals surface area contributed by atoms with Crippen LogP contribution in [0.2, 0.25) is 0 Å². The highest BCUT2D eigenvalue weighted by Gasteiger charge is 2.36. The van der Waals surface area contributed by atoms with Crippen molar-refractivity contribution in [3.05, 3.63) is 36.3 Å². The van der Waals surface area contributed by atoms with E-state index in [4.69, 9.17) is 4.98 Å². The molecule has 2 fully saturated rings. The molecule has 0 spiro atoms. The topological polar surface area (TPSA) is 50.1 Å². The Morgan fingerprint density at radius 1 is 1.04 bits per heavy atom. The minimum absolute atomic E-state index is 0.615. The maximum Gasteiger partial charge on any atom is 0.132 e. The molecule has 26 heavy (non-hydrogen) atoms. The van der Waals surface area contributed by atoms with E-state index in [1.807, 2.05) is 6.20 Å². The molecule has 3 aliphatic rings. The first-order valence-electron chi connectivity index (χ1n) is 10.2. The fourth-order valence-corrected chi connectivity index (χ4v) is 4.59. The maximum absolute atomic E-state index is 4.88. The predicted molar refractivity (Wildman–Crippen MR) is 101 cm³/mol. The zero-order valence-electron chi connectivity index (χ0n) is 15.4. The highest BCUT2D eigenvalue weighted by atomic mass is 15.3. The summed E-state index contributed by atoms with van der Waals surface area (Å²) in [6.07, 6.45) is 14.6. The van der Waals surface area contributed by atoms with Crippen molar-refractivity contribution in [3.8, 4) is 0 Å². The average molecular weight is 352 g/mol. The molecular weight excluding hydrogens is 324 g/mol. The highest BCUT2D eigenvalue weighted by Crippen LogP contribution is 2.35. The molecule has 138 valence electrons. The number of hydrogen-bond donors (Lipinski definition) is 0. The summed E-state index contributed by atoms with van der Waals surface area (Å²) in [6, 6.07) is 3.38. The number of rotatable bonds is 5. The molecule has 2 aromatic rings.